The molecule has 0 heterocycles. The maximum atomic E-state index is 12.8. The van der Waals surface area contributed by atoms with Crippen molar-refractivity contribution in [2.45, 2.75) is 57.9 Å². The molecule has 0 radical (unpaired) electrons. The van der Waals surface area contributed by atoms with Gasteiger partial charge in [-0.3, -0.25) is 0 Å². The number of alkyl halides is 4. The summed E-state index contributed by atoms with van der Waals surface area (Å²) in [4.78, 5) is 0. The van der Waals surface area contributed by atoms with E-state index in [-0.39, 0.29) is 6.04 Å². The molecule has 0 aliphatic heterocycles. The smallest absolute Gasteiger partial charge is 0.308 e. The molecule has 2 unspecified atom stereocenters. The summed E-state index contributed by atoms with van der Waals surface area (Å²) in [5.41, 5.74) is 0. The van der Waals surface area contributed by atoms with Gasteiger partial charge in [-0.05, 0) is 24.7 Å². The van der Waals surface area contributed by atoms with Gasteiger partial charge in [-0.25, -0.2) is 8.78 Å². The zero-order valence-corrected chi connectivity index (χ0v) is 10.4. The van der Waals surface area contributed by atoms with Gasteiger partial charge in [0.05, 0.1) is 6.54 Å². The maximum Gasteiger partial charge on any atom is 0.319 e. The van der Waals surface area contributed by atoms with Gasteiger partial charge in [-0.1, -0.05) is 26.7 Å². The van der Waals surface area contributed by atoms with E-state index >= 15 is 0 Å². The molecule has 1 nitrogen and oxygen atoms in total. The minimum absolute atomic E-state index is 0.0478. The highest BCUT2D eigenvalue weighted by atomic mass is 19.3. The van der Waals surface area contributed by atoms with E-state index in [4.69, 9.17) is 0 Å². The monoisotopic (exact) mass is 255 g/mol. The fourth-order valence-electron chi connectivity index (χ4n) is 2.56. The van der Waals surface area contributed by atoms with Crippen molar-refractivity contribution in [3.8, 4) is 0 Å². The molecule has 1 fully saturated rings. The first kappa shape index (κ1) is 14.7. The minimum atomic E-state index is -3.92. The lowest BCUT2D eigenvalue weighted by Gasteiger charge is -2.35. The maximum absolute atomic E-state index is 12.8. The van der Waals surface area contributed by atoms with E-state index in [1.807, 2.05) is 0 Å². The fraction of sp³-hybridized carbons (Fsp3) is 1.00. The molecule has 0 aromatic carbocycles. The second kappa shape index (κ2) is 6.03. The van der Waals surface area contributed by atoms with Crippen LogP contribution in [-0.2, 0) is 0 Å². The largest absolute Gasteiger partial charge is 0.319 e. The van der Waals surface area contributed by atoms with Crippen molar-refractivity contribution in [2.75, 3.05) is 6.54 Å². The van der Waals surface area contributed by atoms with Crippen LogP contribution in [0.1, 0.15) is 39.5 Å². The first-order valence-corrected chi connectivity index (χ1v) is 6.24. The first-order valence-electron chi connectivity index (χ1n) is 6.24. The normalized spacial score (nSPS) is 26.8. The van der Waals surface area contributed by atoms with Gasteiger partial charge in [0.15, 0.2) is 0 Å². The third kappa shape index (κ3) is 4.12. The third-order valence-corrected chi connectivity index (χ3v) is 3.59. The Kier molecular flexibility index (Phi) is 5.22. The average Bonchev–Trinajstić information content (AvgIpc) is 2.26. The molecule has 1 N–H and O–H groups in total. The van der Waals surface area contributed by atoms with E-state index < -0.39 is 18.9 Å². The standard InChI is InChI=1S/C12H21F4N/c1-8(2)9-5-3-4-6-10(9)17-7-12(15,16)11(13)14/h8-11,17H,3-7H2,1-2H3. The molecule has 0 saturated heterocycles. The second-order valence-corrected chi connectivity index (χ2v) is 5.24. The van der Waals surface area contributed by atoms with Crippen LogP contribution in [-0.4, -0.2) is 24.9 Å². The molecule has 0 aromatic rings. The molecule has 0 bridgehead atoms. The molecular formula is C12H21F4N. The van der Waals surface area contributed by atoms with E-state index in [0.29, 0.717) is 11.8 Å². The lowest BCUT2D eigenvalue weighted by Crippen LogP contribution is -2.48. The SMILES string of the molecule is CC(C)C1CCCCC1NCC(F)(F)C(F)F. The predicted octanol–water partition coefficient (Wildman–Crippen LogP) is 3.69. The van der Waals surface area contributed by atoms with Crippen molar-refractivity contribution in [3.63, 3.8) is 0 Å². The molecule has 1 saturated carbocycles. The van der Waals surface area contributed by atoms with Crippen molar-refractivity contribution in [1.82, 2.24) is 5.32 Å². The summed E-state index contributed by atoms with van der Waals surface area (Å²) < 4.78 is 49.7. The molecule has 1 rings (SSSR count). The Labute approximate surface area is 100.0 Å². The van der Waals surface area contributed by atoms with E-state index in [1.165, 1.54) is 0 Å². The summed E-state index contributed by atoms with van der Waals surface area (Å²) in [5, 5.41) is 2.64. The van der Waals surface area contributed by atoms with E-state index in [2.05, 4.69) is 19.2 Å². The van der Waals surface area contributed by atoms with Crippen LogP contribution in [0.3, 0.4) is 0 Å². The minimum Gasteiger partial charge on any atom is -0.308 e. The van der Waals surface area contributed by atoms with Crippen molar-refractivity contribution in [3.05, 3.63) is 0 Å². The Morgan fingerprint density at radius 1 is 1.18 bits per heavy atom. The highest BCUT2D eigenvalue weighted by Crippen LogP contribution is 2.31. The average molecular weight is 255 g/mol. The highest BCUT2D eigenvalue weighted by Gasteiger charge is 2.41. The molecule has 0 spiro atoms. The molecule has 17 heavy (non-hydrogen) atoms. The Hall–Kier alpha value is -0.320. The summed E-state index contributed by atoms with van der Waals surface area (Å²) in [7, 11) is 0. The number of rotatable bonds is 5. The van der Waals surface area contributed by atoms with Crippen molar-refractivity contribution in [1.29, 1.82) is 0 Å². The summed E-state index contributed by atoms with van der Waals surface area (Å²) in [6, 6.07) is -0.0478. The molecular weight excluding hydrogens is 234 g/mol. The first-order chi connectivity index (χ1) is 7.84. The lowest BCUT2D eigenvalue weighted by molar-refractivity contribution is -0.127. The van der Waals surface area contributed by atoms with Crippen molar-refractivity contribution in [2.24, 2.45) is 11.8 Å². The van der Waals surface area contributed by atoms with Crippen molar-refractivity contribution < 1.29 is 17.6 Å². The van der Waals surface area contributed by atoms with Gasteiger partial charge in [-0.15, -0.1) is 0 Å². The molecule has 2 atom stereocenters. The van der Waals surface area contributed by atoms with Gasteiger partial charge in [0, 0.05) is 6.04 Å². The van der Waals surface area contributed by atoms with Gasteiger partial charge >= 0.3 is 12.3 Å². The highest BCUT2D eigenvalue weighted by molar-refractivity contribution is 4.85. The van der Waals surface area contributed by atoms with Crippen LogP contribution in [0.5, 0.6) is 0 Å². The zero-order valence-electron chi connectivity index (χ0n) is 10.4. The van der Waals surface area contributed by atoms with Gasteiger partial charge in [0.2, 0.25) is 0 Å². The molecule has 102 valence electrons. The van der Waals surface area contributed by atoms with Crippen LogP contribution >= 0.6 is 0 Å². The van der Waals surface area contributed by atoms with Crippen LogP contribution in [0, 0.1) is 11.8 Å². The Bertz CT molecular complexity index is 231. The Balaban J connectivity index is 2.48. The van der Waals surface area contributed by atoms with E-state index in [0.717, 1.165) is 25.7 Å². The molecule has 1 aliphatic rings. The Morgan fingerprint density at radius 3 is 2.29 bits per heavy atom. The number of hydrogen-bond donors (Lipinski definition) is 1. The fourth-order valence-corrected chi connectivity index (χ4v) is 2.56. The van der Waals surface area contributed by atoms with E-state index in [9.17, 15) is 17.6 Å². The van der Waals surface area contributed by atoms with Gasteiger partial charge < -0.3 is 5.32 Å². The second-order valence-electron chi connectivity index (χ2n) is 5.24. The van der Waals surface area contributed by atoms with Gasteiger partial charge in [0.1, 0.15) is 0 Å². The topological polar surface area (TPSA) is 12.0 Å². The lowest BCUT2D eigenvalue weighted by atomic mass is 9.78. The van der Waals surface area contributed by atoms with E-state index in [1.54, 1.807) is 0 Å². The Morgan fingerprint density at radius 2 is 1.76 bits per heavy atom. The molecule has 5 heteroatoms. The predicted molar refractivity (Wildman–Crippen MR) is 59.5 cm³/mol. The molecule has 0 amide bonds. The number of nitrogens with one attached hydrogen (secondary N) is 1. The van der Waals surface area contributed by atoms with Gasteiger partial charge in [0.25, 0.3) is 0 Å². The van der Waals surface area contributed by atoms with Crippen LogP contribution in [0.15, 0.2) is 0 Å². The van der Waals surface area contributed by atoms with Crippen LogP contribution < -0.4 is 5.32 Å². The zero-order chi connectivity index (χ0) is 13.1. The van der Waals surface area contributed by atoms with Crippen LogP contribution in [0.4, 0.5) is 17.6 Å². The quantitative estimate of drug-likeness (QED) is 0.739. The summed E-state index contributed by atoms with van der Waals surface area (Å²) >= 11 is 0. The van der Waals surface area contributed by atoms with Gasteiger partial charge in [-0.2, -0.15) is 8.78 Å². The van der Waals surface area contributed by atoms with Crippen molar-refractivity contribution >= 4 is 0 Å². The molecule has 0 aromatic heterocycles. The summed E-state index contributed by atoms with van der Waals surface area (Å²) in [6.45, 7) is 3.18. The molecule has 1 aliphatic carbocycles. The summed E-state index contributed by atoms with van der Waals surface area (Å²) in [5.74, 6) is -3.20. The summed E-state index contributed by atoms with van der Waals surface area (Å²) in [6.07, 6.45) is 0.307. The number of halogens is 4. The third-order valence-electron chi connectivity index (χ3n) is 3.59. The van der Waals surface area contributed by atoms with Crippen LogP contribution in [0.2, 0.25) is 0 Å². The number of hydrogen-bond acceptors (Lipinski definition) is 1. The van der Waals surface area contributed by atoms with Crippen LogP contribution in [0.25, 0.3) is 0 Å².